The summed E-state index contributed by atoms with van der Waals surface area (Å²) in [6, 6.07) is 13.5. The summed E-state index contributed by atoms with van der Waals surface area (Å²) in [5, 5.41) is 21.7. The highest BCUT2D eigenvalue weighted by Crippen LogP contribution is 2.30. The van der Waals surface area contributed by atoms with Crippen LogP contribution in [0.2, 0.25) is 0 Å². The summed E-state index contributed by atoms with van der Waals surface area (Å²) in [6.07, 6.45) is 2.80. The summed E-state index contributed by atoms with van der Waals surface area (Å²) in [4.78, 5) is 11.9. The normalized spacial score (nSPS) is 11.4. The quantitative estimate of drug-likeness (QED) is 0.647. The molecule has 0 saturated carbocycles. The van der Waals surface area contributed by atoms with Crippen LogP contribution in [0.1, 0.15) is 29.7 Å². The van der Waals surface area contributed by atoms with E-state index in [0.717, 1.165) is 17.7 Å². The van der Waals surface area contributed by atoms with Crippen molar-refractivity contribution >= 4 is 23.4 Å². The Bertz CT molecular complexity index is 785. The molecule has 0 heterocycles. The van der Waals surface area contributed by atoms with Crippen molar-refractivity contribution < 1.29 is 14.6 Å². The van der Waals surface area contributed by atoms with E-state index in [2.05, 4.69) is 5.32 Å². The van der Waals surface area contributed by atoms with Gasteiger partial charge in [-0.1, -0.05) is 13.0 Å². The van der Waals surface area contributed by atoms with Crippen LogP contribution in [0.4, 0.5) is 5.69 Å². The van der Waals surface area contributed by atoms with Gasteiger partial charge in [-0.15, -0.1) is 0 Å². The maximum atomic E-state index is 11.9. The van der Waals surface area contributed by atoms with E-state index in [9.17, 15) is 9.90 Å². The molecule has 0 radical (unpaired) electrons. The number of benzene rings is 2. The minimum Gasteiger partial charge on any atom is -0.492 e. The molecule has 26 heavy (non-hydrogen) atoms. The van der Waals surface area contributed by atoms with E-state index in [-0.39, 0.29) is 0 Å². The Kier molecular flexibility index (Phi) is 7.37. The molecule has 2 N–H and O–H groups in total. The van der Waals surface area contributed by atoms with Gasteiger partial charge >= 0.3 is 5.97 Å². The minimum absolute atomic E-state index is 0.517. The fourth-order valence-electron chi connectivity index (χ4n) is 2.49. The standard InChI is InChI=1S/C20H22N2O3S/c1-3-14-6-9-18(25-10-11-26-2)17(12-14)19(20(23)24)22-16-7-4-15(13-21)5-8-16/h4-9,12,19,22H,3,10-11H2,1-2H3,(H,23,24). The summed E-state index contributed by atoms with van der Waals surface area (Å²) in [6.45, 7) is 2.54. The number of aryl methyl sites for hydroxylation is 1. The van der Waals surface area contributed by atoms with Gasteiger partial charge in [-0.25, -0.2) is 4.79 Å². The first-order valence-corrected chi connectivity index (χ1v) is 9.72. The number of hydrogen-bond donors (Lipinski definition) is 2. The molecule has 0 bridgehead atoms. The maximum absolute atomic E-state index is 11.9. The van der Waals surface area contributed by atoms with Crippen molar-refractivity contribution in [2.45, 2.75) is 19.4 Å². The van der Waals surface area contributed by atoms with Crippen molar-refractivity contribution in [3.05, 3.63) is 59.2 Å². The summed E-state index contributed by atoms with van der Waals surface area (Å²) in [7, 11) is 0. The maximum Gasteiger partial charge on any atom is 0.330 e. The summed E-state index contributed by atoms with van der Waals surface area (Å²) < 4.78 is 5.82. The molecule has 0 amide bonds. The average Bonchev–Trinajstić information content (AvgIpc) is 2.67. The Morgan fingerprint density at radius 3 is 2.62 bits per heavy atom. The van der Waals surface area contributed by atoms with Crippen molar-refractivity contribution in [2.75, 3.05) is 23.9 Å². The van der Waals surface area contributed by atoms with E-state index in [0.29, 0.717) is 29.2 Å². The largest absolute Gasteiger partial charge is 0.492 e. The molecule has 6 heteroatoms. The van der Waals surface area contributed by atoms with Gasteiger partial charge in [-0.05, 0) is 54.6 Å². The highest BCUT2D eigenvalue weighted by atomic mass is 32.2. The lowest BCUT2D eigenvalue weighted by Crippen LogP contribution is -2.22. The Morgan fingerprint density at radius 1 is 1.31 bits per heavy atom. The monoisotopic (exact) mass is 370 g/mol. The van der Waals surface area contributed by atoms with Gasteiger partial charge in [0.1, 0.15) is 5.75 Å². The summed E-state index contributed by atoms with van der Waals surface area (Å²) in [5.41, 5.74) is 2.80. The molecule has 0 aliphatic rings. The highest BCUT2D eigenvalue weighted by Gasteiger charge is 2.24. The van der Waals surface area contributed by atoms with Crippen LogP contribution in [-0.4, -0.2) is 29.7 Å². The van der Waals surface area contributed by atoms with Crippen LogP contribution in [0.25, 0.3) is 0 Å². The van der Waals surface area contributed by atoms with Gasteiger partial charge < -0.3 is 15.2 Å². The van der Waals surface area contributed by atoms with Gasteiger partial charge in [0.25, 0.3) is 0 Å². The molecule has 0 aliphatic heterocycles. The summed E-state index contributed by atoms with van der Waals surface area (Å²) >= 11 is 1.67. The number of carbonyl (C=O) groups is 1. The molecule has 2 aromatic carbocycles. The third-order valence-corrected chi connectivity index (χ3v) is 4.49. The molecule has 0 aromatic heterocycles. The molecule has 0 spiro atoms. The number of rotatable bonds is 9. The van der Waals surface area contributed by atoms with Gasteiger partial charge in [0.15, 0.2) is 6.04 Å². The number of nitrogens with one attached hydrogen (secondary N) is 1. The topological polar surface area (TPSA) is 82.3 Å². The van der Waals surface area contributed by atoms with E-state index < -0.39 is 12.0 Å². The molecule has 2 rings (SSSR count). The fourth-order valence-corrected chi connectivity index (χ4v) is 2.74. The Hall–Kier alpha value is -2.65. The van der Waals surface area contributed by atoms with Crippen molar-refractivity contribution in [1.29, 1.82) is 5.26 Å². The molecular weight excluding hydrogens is 348 g/mol. The third kappa shape index (κ3) is 5.17. The first kappa shape index (κ1) is 19.7. The number of ether oxygens (including phenoxy) is 1. The Balaban J connectivity index is 2.34. The molecule has 136 valence electrons. The number of nitrogens with zero attached hydrogens (tertiary/aromatic N) is 1. The van der Waals surface area contributed by atoms with Crippen LogP contribution in [0, 0.1) is 11.3 Å². The average molecular weight is 370 g/mol. The SMILES string of the molecule is CCc1ccc(OCCSC)c(C(Nc2ccc(C#N)cc2)C(=O)O)c1. The van der Waals surface area contributed by atoms with Crippen LogP contribution in [0.5, 0.6) is 5.75 Å². The van der Waals surface area contributed by atoms with Gasteiger partial charge in [0, 0.05) is 17.0 Å². The van der Waals surface area contributed by atoms with E-state index >= 15 is 0 Å². The molecule has 0 saturated heterocycles. The van der Waals surface area contributed by atoms with Gasteiger partial charge in [0.05, 0.1) is 18.2 Å². The molecule has 2 aromatic rings. The van der Waals surface area contributed by atoms with Gasteiger partial charge in [-0.3, -0.25) is 0 Å². The second-order valence-corrected chi connectivity index (χ2v) is 6.66. The lowest BCUT2D eigenvalue weighted by atomic mass is 10.0. The molecule has 1 unspecified atom stereocenters. The second-order valence-electron chi connectivity index (χ2n) is 5.67. The number of anilines is 1. The molecule has 0 aliphatic carbocycles. The Labute approximate surface area is 158 Å². The van der Waals surface area contributed by atoms with Crippen molar-refractivity contribution in [3.8, 4) is 11.8 Å². The number of thioether (sulfide) groups is 1. The third-order valence-electron chi connectivity index (χ3n) is 3.91. The van der Waals surface area contributed by atoms with Crippen molar-refractivity contribution in [3.63, 3.8) is 0 Å². The minimum atomic E-state index is -0.989. The van der Waals surface area contributed by atoms with Crippen molar-refractivity contribution in [2.24, 2.45) is 0 Å². The number of hydrogen-bond acceptors (Lipinski definition) is 5. The van der Waals surface area contributed by atoms with Crippen LogP contribution < -0.4 is 10.1 Å². The number of carboxylic acids is 1. The zero-order chi connectivity index (χ0) is 18.9. The van der Waals surface area contributed by atoms with Crippen LogP contribution in [0.15, 0.2) is 42.5 Å². The smallest absolute Gasteiger partial charge is 0.330 e. The molecule has 1 atom stereocenters. The van der Waals surface area contributed by atoms with E-state index in [1.807, 2.05) is 37.4 Å². The van der Waals surface area contributed by atoms with Crippen molar-refractivity contribution in [1.82, 2.24) is 0 Å². The Morgan fingerprint density at radius 2 is 2.04 bits per heavy atom. The predicted octanol–water partition coefficient (Wildman–Crippen LogP) is 4.10. The molecule has 5 nitrogen and oxygen atoms in total. The van der Waals surface area contributed by atoms with E-state index in [1.165, 1.54) is 0 Å². The summed E-state index contributed by atoms with van der Waals surface area (Å²) in [5.74, 6) is 0.414. The highest BCUT2D eigenvalue weighted by molar-refractivity contribution is 7.98. The number of carboxylic acid groups (broad SMARTS) is 1. The predicted molar refractivity (Wildman–Crippen MR) is 105 cm³/mol. The fraction of sp³-hybridized carbons (Fsp3) is 0.300. The van der Waals surface area contributed by atoms with E-state index in [1.54, 1.807) is 36.0 Å². The van der Waals surface area contributed by atoms with Crippen LogP contribution in [-0.2, 0) is 11.2 Å². The van der Waals surface area contributed by atoms with Gasteiger partial charge in [0.2, 0.25) is 0 Å². The van der Waals surface area contributed by atoms with Crippen LogP contribution >= 0.6 is 11.8 Å². The zero-order valence-corrected chi connectivity index (χ0v) is 15.7. The lowest BCUT2D eigenvalue weighted by Gasteiger charge is -2.20. The molecular formula is C20H22N2O3S. The number of nitriles is 1. The first-order chi connectivity index (χ1) is 12.6. The lowest BCUT2D eigenvalue weighted by molar-refractivity contribution is -0.138. The van der Waals surface area contributed by atoms with Crippen LogP contribution in [0.3, 0.4) is 0 Å². The molecule has 0 fully saturated rings. The first-order valence-electron chi connectivity index (χ1n) is 8.33. The number of aliphatic carboxylic acids is 1. The van der Waals surface area contributed by atoms with E-state index in [4.69, 9.17) is 10.00 Å². The zero-order valence-electron chi connectivity index (χ0n) is 14.9. The second kappa shape index (κ2) is 9.73. The van der Waals surface area contributed by atoms with Gasteiger partial charge in [-0.2, -0.15) is 17.0 Å².